The largest absolute Gasteiger partial charge is 0.344 e. The molecule has 6 heteroatoms. The third-order valence-electron chi connectivity index (χ3n) is 3.77. The van der Waals surface area contributed by atoms with Crippen molar-refractivity contribution in [1.29, 1.82) is 0 Å². The summed E-state index contributed by atoms with van der Waals surface area (Å²) < 4.78 is 1.92. The van der Waals surface area contributed by atoms with E-state index in [9.17, 15) is 4.79 Å². The first-order valence-corrected chi connectivity index (χ1v) is 7.17. The van der Waals surface area contributed by atoms with Crippen LogP contribution in [0.4, 0.5) is 0 Å². The summed E-state index contributed by atoms with van der Waals surface area (Å²) in [6.45, 7) is 4.56. The number of fused-ring (bicyclic) bond motifs is 1. The predicted molar refractivity (Wildman–Crippen MR) is 77.8 cm³/mol. The Morgan fingerprint density at radius 2 is 2.15 bits per heavy atom. The molecule has 1 amide bonds. The molecular formula is C14H17ClN4O. The number of halogens is 1. The number of amides is 1. The van der Waals surface area contributed by atoms with E-state index in [2.05, 4.69) is 9.97 Å². The number of carbonyl (C=O) groups excluding carboxylic acids is 1. The second-order valence-electron chi connectivity index (χ2n) is 5.32. The molecule has 3 heterocycles. The number of nitrogens with zero attached hydrogens (tertiary/aromatic N) is 4. The highest BCUT2D eigenvalue weighted by molar-refractivity contribution is 6.20. The van der Waals surface area contributed by atoms with Crippen LogP contribution in [0.15, 0.2) is 12.1 Å². The number of carbonyl (C=O) groups is 1. The minimum absolute atomic E-state index is 0.103. The van der Waals surface area contributed by atoms with Gasteiger partial charge in [-0.15, -0.1) is 11.6 Å². The predicted octanol–water partition coefficient (Wildman–Crippen LogP) is 2.44. The summed E-state index contributed by atoms with van der Waals surface area (Å²) in [5.41, 5.74) is 2.45. The molecular weight excluding hydrogens is 276 g/mol. The maximum Gasteiger partial charge on any atom is 0.245 e. The molecule has 2 aromatic rings. The van der Waals surface area contributed by atoms with Crippen LogP contribution in [-0.4, -0.2) is 38.9 Å². The fourth-order valence-electron chi connectivity index (χ4n) is 2.72. The molecule has 0 N–H and O–H groups in total. The van der Waals surface area contributed by atoms with Crippen LogP contribution >= 0.6 is 11.6 Å². The van der Waals surface area contributed by atoms with Gasteiger partial charge in [-0.2, -0.15) is 0 Å². The van der Waals surface area contributed by atoms with Gasteiger partial charge in [0, 0.05) is 19.3 Å². The van der Waals surface area contributed by atoms with E-state index in [0.29, 0.717) is 5.82 Å². The van der Waals surface area contributed by atoms with Crippen molar-refractivity contribution in [2.24, 2.45) is 0 Å². The molecule has 1 saturated heterocycles. The molecule has 0 saturated carbocycles. The molecule has 0 spiro atoms. The zero-order valence-electron chi connectivity index (χ0n) is 11.8. The molecule has 2 unspecified atom stereocenters. The monoisotopic (exact) mass is 292 g/mol. The Morgan fingerprint density at radius 1 is 1.40 bits per heavy atom. The quantitative estimate of drug-likeness (QED) is 0.799. The molecule has 1 aliphatic heterocycles. The molecule has 1 fully saturated rings. The van der Waals surface area contributed by atoms with Gasteiger partial charge in [-0.25, -0.2) is 9.97 Å². The van der Waals surface area contributed by atoms with Crippen molar-refractivity contribution in [1.82, 2.24) is 19.4 Å². The van der Waals surface area contributed by atoms with Crippen molar-refractivity contribution in [3.05, 3.63) is 23.7 Å². The highest BCUT2D eigenvalue weighted by Gasteiger charge is 2.34. The van der Waals surface area contributed by atoms with Crippen molar-refractivity contribution in [2.75, 3.05) is 13.6 Å². The summed E-state index contributed by atoms with van der Waals surface area (Å²) in [5, 5.41) is -0.261. The summed E-state index contributed by atoms with van der Waals surface area (Å²) in [6.07, 6.45) is 0.771. The maximum atomic E-state index is 12.3. The zero-order chi connectivity index (χ0) is 14.4. The van der Waals surface area contributed by atoms with Crippen molar-refractivity contribution in [3.63, 3.8) is 0 Å². The molecule has 0 aliphatic carbocycles. The summed E-state index contributed by atoms with van der Waals surface area (Å²) >= 11 is 6.25. The van der Waals surface area contributed by atoms with Crippen molar-refractivity contribution < 1.29 is 4.79 Å². The average molecular weight is 293 g/mol. The number of hydrogen-bond donors (Lipinski definition) is 0. The van der Waals surface area contributed by atoms with Gasteiger partial charge < -0.3 is 4.90 Å². The lowest BCUT2D eigenvalue weighted by Gasteiger charge is -2.16. The molecule has 5 nitrogen and oxygen atoms in total. The second-order valence-corrected chi connectivity index (χ2v) is 5.97. The number of aryl methyl sites for hydroxylation is 1. The van der Waals surface area contributed by atoms with Gasteiger partial charge >= 0.3 is 0 Å². The van der Waals surface area contributed by atoms with E-state index in [-0.39, 0.29) is 17.3 Å². The summed E-state index contributed by atoms with van der Waals surface area (Å²) in [7, 11) is 1.82. The lowest BCUT2D eigenvalue weighted by atomic mass is 10.2. The van der Waals surface area contributed by atoms with Crippen LogP contribution in [0.25, 0.3) is 11.2 Å². The van der Waals surface area contributed by atoms with Gasteiger partial charge in [0.05, 0.1) is 5.38 Å². The van der Waals surface area contributed by atoms with Crippen LogP contribution in [0.3, 0.4) is 0 Å². The normalized spacial score (nSPS) is 20.9. The van der Waals surface area contributed by atoms with E-state index < -0.39 is 0 Å². The number of likely N-dealkylation sites (tertiary alicyclic amines) is 1. The summed E-state index contributed by atoms with van der Waals surface area (Å²) in [5.74, 6) is 0.819. The Morgan fingerprint density at radius 3 is 2.75 bits per heavy atom. The number of imidazole rings is 1. The maximum absolute atomic E-state index is 12.3. The first-order chi connectivity index (χ1) is 9.49. The minimum Gasteiger partial charge on any atom is -0.344 e. The topological polar surface area (TPSA) is 51.0 Å². The molecule has 3 rings (SSSR count). The van der Waals surface area contributed by atoms with E-state index in [1.54, 1.807) is 4.90 Å². The second kappa shape index (κ2) is 4.74. The van der Waals surface area contributed by atoms with Crippen molar-refractivity contribution in [2.45, 2.75) is 31.7 Å². The van der Waals surface area contributed by atoms with Gasteiger partial charge in [0.15, 0.2) is 5.65 Å². The lowest BCUT2D eigenvalue weighted by Crippen LogP contribution is -2.25. The van der Waals surface area contributed by atoms with E-state index in [4.69, 9.17) is 11.6 Å². The Labute approximate surface area is 122 Å². The number of aromatic nitrogens is 3. The van der Waals surface area contributed by atoms with Gasteiger partial charge in [0.2, 0.25) is 5.91 Å². The molecule has 0 aromatic carbocycles. The Kier molecular flexibility index (Phi) is 3.17. The van der Waals surface area contributed by atoms with E-state index in [0.717, 1.165) is 29.8 Å². The van der Waals surface area contributed by atoms with Crippen molar-refractivity contribution >= 4 is 28.7 Å². The standard InChI is InChI=1S/C14H17ClN4O/c1-8-4-5-10-13(16-8)19(12(17-10)9(2)15)11-6-7-18(3)14(11)20/h4-5,9,11H,6-7H2,1-3H3. The van der Waals surface area contributed by atoms with Crippen LogP contribution in [0.5, 0.6) is 0 Å². The molecule has 0 bridgehead atoms. The highest BCUT2D eigenvalue weighted by Crippen LogP contribution is 2.32. The van der Waals surface area contributed by atoms with E-state index in [1.165, 1.54) is 0 Å². The molecule has 0 radical (unpaired) electrons. The molecule has 2 aromatic heterocycles. The van der Waals surface area contributed by atoms with Gasteiger partial charge in [-0.3, -0.25) is 9.36 Å². The highest BCUT2D eigenvalue weighted by atomic mass is 35.5. The van der Waals surface area contributed by atoms with Crippen LogP contribution in [0.1, 0.15) is 36.3 Å². The molecule has 106 valence electrons. The van der Waals surface area contributed by atoms with Gasteiger partial charge in [-0.1, -0.05) is 0 Å². The van der Waals surface area contributed by atoms with E-state index in [1.807, 2.05) is 37.6 Å². The molecule has 20 heavy (non-hydrogen) atoms. The van der Waals surface area contributed by atoms with E-state index >= 15 is 0 Å². The average Bonchev–Trinajstić information content (AvgIpc) is 2.91. The first-order valence-electron chi connectivity index (χ1n) is 6.73. The Hall–Kier alpha value is -1.62. The van der Waals surface area contributed by atoms with Crippen LogP contribution in [0, 0.1) is 6.92 Å². The van der Waals surface area contributed by atoms with Crippen LogP contribution in [0.2, 0.25) is 0 Å². The number of hydrogen-bond acceptors (Lipinski definition) is 3. The van der Waals surface area contributed by atoms with Gasteiger partial charge in [-0.05, 0) is 32.4 Å². The van der Waals surface area contributed by atoms with Crippen LogP contribution < -0.4 is 0 Å². The minimum atomic E-state index is -0.261. The zero-order valence-corrected chi connectivity index (χ0v) is 12.6. The first kappa shape index (κ1) is 13.4. The Bertz CT molecular complexity index is 679. The SMILES string of the molecule is Cc1ccc2nc(C(C)Cl)n(C3CCN(C)C3=O)c2n1. The number of pyridine rings is 1. The number of alkyl halides is 1. The lowest BCUT2D eigenvalue weighted by molar-refractivity contribution is -0.129. The fraction of sp³-hybridized carbons (Fsp3) is 0.500. The Balaban J connectivity index is 2.23. The molecule has 1 aliphatic rings. The summed E-state index contributed by atoms with van der Waals surface area (Å²) in [6, 6.07) is 3.61. The van der Waals surface area contributed by atoms with Crippen molar-refractivity contribution in [3.8, 4) is 0 Å². The van der Waals surface area contributed by atoms with Crippen LogP contribution in [-0.2, 0) is 4.79 Å². The van der Waals surface area contributed by atoms with Gasteiger partial charge in [0.1, 0.15) is 17.4 Å². The van der Waals surface area contributed by atoms with Gasteiger partial charge in [0.25, 0.3) is 0 Å². The third-order valence-corrected chi connectivity index (χ3v) is 3.97. The smallest absolute Gasteiger partial charge is 0.245 e. The fourth-order valence-corrected chi connectivity index (χ4v) is 2.87. The number of rotatable bonds is 2. The number of likely N-dealkylation sites (N-methyl/N-ethyl adjacent to an activating group) is 1. The third kappa shape index (κ3) is 1.97. The molecule has 2 atom stereocenters. The summed E-state index contributed by atoms with van der Waals surface area (Å²) in [4.78, 5) is 23.2.